The molecule has 1 N–H and O–H groups in total. The molecule has 6 heteroatoms. The van der Waals surface area contributed by atoms with E-state index in [1.165, 1.54) is 0 Å². The van der Waals surface area contributed by atoms with Crippen molar-refractivity contribution in [1.29, 1.82) is 0 Å². The second kappa shape index (κ2) is 4.62. The van der Waals surface area contributed by atoms with Crippen molar-refractivity contribution in [2.75, 3.05) is 0 Å². The minimum atomic E-state index is 0.887. The van der Waals surface area contributed by atoms with Crippen molar-refractivity contribution in [3.63, 3.8) is 0 Å². The Morgan fingerprint density at radius 1 is 1.00 bits per heavy atom. The molecule has 4 aromatic heterocycles. The van der Waals surface area contributed by atoms with Gasteiger partial charge in [0.15, 0.2) is 5.65 Å². The largest absolute Gasteiger partial charge is 0.276 e. The summed E-state index contributed by atoms with van der Waals surface area (Å²) in [5.41, 5.74) is 2.78. The summed E-state index contributed by atoms with van der Waals surface area (Å²) < 4.78 is 1.72. The molecule has 4 aromatic rings. The number of hydrogen-bond donors (Lipinski definition) is 1. The van der Waals surface area contributed by atoms with Gasteiger partial charge in [-0.1, -0.05) is 0 Å². The van der Waals surface area contributed by atoms with Crippen LogP contribution in [0.15, 0.2) is 55.2 Å². The minimum absolute atomic E-state index is 0.887. The Balaban J connectivity index is 0.000000111. The van der Waals surface area contributed by atoms with E-state index in [9.17, 15) is 0 Å². The van der Waals surface area contributed by atoms with E-state index in [-0.39, 0.29) is 0 Å². The number of rotatable bonds is 0. The summed E-state index contributed by atoms with van der Waals surface area (Å²) in [5.74, 6) is 0. The van der Waals surface area contributed by atoms with Crippen molar-refractivity contribution in [1.82, 2.24) is 29.8 Å². The topological polar surface area (TPSA) is 71.8 Å². The van der Waals surface area contributed by atoms with Crippen molar-refractivity contribution in [3.05, 3.63) is 55.2 Å². The van der Waals surface area contributed by atoms with E-state index in [0.29, 0.717) is 0 Å². The Bertz CT molecular complexity index is 631. The Morgan fingerprint density at radius 2 is 1.94 bits per heavy atom. The molecule has 0 aromatic carbocycles. The second-order valence-corrected chi connectivity index (χ2v) is 3.56. The molecule has 0 saturated carbocycles. The smallest absolute Gasteiger partial charge is 0.154 e. The number of fused-ring (bicyclic) bond motifs is 2. The molecular formula is C12H10N6. The zero-order chi connectivity index (χ0) is 12.2. The van der Waals surface area contributed by atoms with Gasteiger partial charge in [-0.3, -0.25) is 10.1 Å². The minimum Gasteiger partial charge on any atom is -0.276 e. The van der Waals surface area contributed by atoms with Gasteiger partial charge in [0.25, 0.3) is 0 Å². The Kier molecular flexibility index (Phi) is 2.67. The van der Waals surface area contributed by atoms with Crippen LogP contribution in [-0.4, -0.2) is 29.8 Å². The highest BCUT2D eigenvalue weighted by molar-refractivity contribution is 5.72. The molecule has 0 radical (unpaired) electrons. The van der Waals surface area contributed by atoms with Crippen LogP contribution in [0.1, 0.15) is 0 Å². The summed E-state index contributed by atoms with van der Waals surface area (Å²) in [7, 11) is 0. The van der Waals surface area contributed by atoms with E-state index in [1.807, 2.05) is 30.5 Å². The van der Waals surface area contributed by atoms with Crippen molar-refractivity contribution in [2.45, 2.75) is 0 Å². The molecule has 0 fully saturated rings. The lowest BCUT2D eigenvalue weighted by Gasteiger charge is -1.85. The summed E-state index contributed by atoms with van der Waals surface area (Å²) >= 11 is 0. The van der Waals surface area contributed by atoms with E-state index < -0.39 is 0 Å². The molecule has 4 rings (SSSR count). The van der Waals surface area contributed by atoms with Gasteiger partial charge in [-0.05, 0) is 18.2 Å². The van der Waals surface area contributed by atoms with Crippen LogP contribution in [0.4, 0.5) is 0 Å². The molecule has 0 unspecified atom stereocenters. The van der Waals surface area contributed by atoms with Gasteiger partial charge in [0.1, 0.15) is 5.52 Å². The molecule has 4 heterocycles. The molecule has 18 heavy (non-hydrogen) atoms. The molecule has 0 saturated heterocycles. The highest BCUT2D eigenvalue weighted by atomic mass is 15.2. The van der Waals surface area contributed by atoms with Gasteiger partial charge in [0, 0.05) is 24.7 Å². The fourth-order valence-corrected chi connectivity index (χ4v) is 1.54. The lowest BCUT2D eigenvalue weighted by atomic mass is 10.4. The molecular weight excluding hydrogens is 228 g/mol. The number of pyridine rings is 1. The van der Waals surface area contributed by atoms with Crippen LogP contribution in [0.5, 0.6) is 0 Å². The molecule has 0 aliphatic heterocycles. The molecule has 0 aliphatic carbocycles. The quantitative estimate of drug-likeness (QED) is 0.506. The predicted octanol–water partition coefficient (Wildman–Crippen LogP) is 1.69. The van der Waals surface area contributed by atoms with Gasteiger partial charge in [0.05, 0.1) is 17.9 Å². The van der Waals surface area contributed by atoms with E-state index in [4.69, 9.17) is 0 Å². The number of nitrogens with zero attached hydrogens (tertiary/aromatic N) is 5. The third-order valence-corrected chi connectivity index (χ3v) is 2.38. The van der Waals surface area contributed by atoms with Crippen molar-refractivity contribution in [3.8, 4) is 0 Å². The van der Waals surface area contributed by atoms with Crippen molar-refractivity contribution >= 4 is 16.7 Å². The number of aromatic amines is 1. The molecule has 0 amide bonds. The maximum atomic E-state index is 4.05. The number of hydrogen-bond acceptors (Lipinski definition) is 4. The first-order chi connectivity index (χ1) is 8.93. The lowest BCUT2D eigenvalue weighted by Crippen LogP contribution is -1.85. The van der Waals surface area contributed by atoms with Gasteiger partial charge >= 0.3 is 0 Å². The van der Waals surface area contributed by atoms with E-state index in [1.54, 1.807) is 29.3 Å². The van der Waals surface area contributed by atoms with Crippen molar-refractivity contribution in [2.24, 2.45) is 0 Å². The average Bonchev–Trinajstić information content (AvgIpc) is 3.08. The average molecular weight is 238 g/mol. The molecule has 0 atom stereocenters. The van der Waals surface area contributed by atoms with Gasteiger partial charge < -0.3 is 0 Å². The highest BCUT2D eigenvalue weighted by Crippen LogP contribution is 2.03. The maximum absolute atomic E-state index is 4.05. The fraction of sp³-hybridized carbons (Fsp3) is 0. The van der Waals surface area contributed by atoms with Crippen LogP contribution in [-0.2, 0) is 0 Å². The normalized spacial score (nSPS) is 10.2. The van der Waals surface area contributed by atoms with E-state index >= 15 is 0 Å². The fourth-order valence-electron chi connectivity index (χ4n) is 1.54. The van der Waals surface area contributed by atoms with Gasteiger partial charge in [-0.2, -0.15) is 10.2 Å². The van der Waals surface area contributed by atoms with Crippen LogP contribution in [0.25, 0.3) is 16.7 Å². The summed E-state index contributed by atoms with van der Waals surface area (Å²) in [5, 5.41) is 10.6. The predicted molar refractivity (Wildman–Crippen MR) is 66.9 cm³/mol. The molecule has 88 valence electrons. The zero-order valence-electron chi connectivity index (χ0n) is 9.43. The van der Waals surface area contributed by atoms with Gasteiger partial charge in [0.2, 0.25) is 0 Å². The molecule has 6 nitrogen and oxygen atoms in total. The summed E-state index contributed by atoms with van der Waals surface area (Å²) in [6, 6.07) is 7.52. The monoisotopic (exact) mass is 238 g/mol. The van der Waals surface area contributed by atoms with Gasteiger partial charge in [-0.15, -0.1) is 0 Å². The first-order valence-corrected chi connectivity index (χ1v) is 5.42. The molecule has 0 spiro atoms. The SMILES string of the molecule is c1cnc2ccnn2c1.c1cnc2cn[nH]c2c1. The number of aromatic nitrogens is 6. The van der Waals surface area contributed by atoms with Crippen LogP contribution in [0, 0.1) is 0 Å². The highest BCUT2D eigenvalue weighted by Gasteiger charge is 1.90. The Morgan fingerprint density at radius 3 is 2.83 bits per heavy atom. The molecule has 0 aliphatic rings. The van der Waals surface area contributed by atoms with E-state index in [2.05, 4.69) is 25.3 Å². The second-order valence-electron chi connectivity index (χ2n) is 3.56. The number of H-pyrrole nitrogens is 1. The van der Waals surface area contributed by atoms with Crippen LogP contribution < -0.4 is 0 Å². The third-order valence-electron chi connectivity index (χ3n) is 2.38. The summed E-state index contributed by atoms with van der Waals surface area (Å²) in [6.45, 7) is 0. The number of nitrogens with one attached hydrogen (secondary N) is 1. The maximum Gasteiger partial charge on any atom is 0.154 e. The van der Waals surface area contributed by atoms with Crippen molar-refractivity contribution < 1.29 is 0 Å². The Labute approximate surface area is 102 Å². The van der Waals surface area contributed by atoms with E-state index in [0.717, 1.165) is 16.7 Å². The van der Waals surface area contributed by atoms with Crippen LogP contribution in [0.3, 0.4) is 0 Å². The first kappa shape index (κ1) is 10.4. The van der Waals surface area contributed by atoms with Crippen LogP contribution >= 0.6 is 0 Å². The van der Waals surface area contributed by atoms with Crippen LogP contribution in [0.2, 0.25) is 0 Å². The summed E-state index contributed by atoms with van der Waals surface area (Å²) in [4.78, 5) is 8.09. The zero-order valence-corrected chi connectivity index (χ0v) is 9.43. The van der Waals surface area contributed by atoms with Gasteiger partial charge in [-0.25, -0.2) is 9.50 Å². The first-order valence-electron chi connectivity index (χ1n) is 5.42. The third kappa shape index (κ3) is 2.03. The molecule has 0 bridgehead atoms. The lowest BCUT2D eigenvalue weighted by molar-refractivity contribution is 0.939. The summed E-state index contributed by atoms with van der Waals surface area (Å²) in [6.07, 6.45) is 8.79. The standard InChI is InChI=1S/2C6H5N3/c1-3-7-6-2-4-8-9(6)5-1;1-2-5-6(7-3-1)4-8-9-5/h1-5H;1-4H,(H,8,9). The Hall–Kier alpha value is -2.76.